The Morgan fingerprint density at radius 2 is 1.88 bits per heavy atom. The number of amides is 1. The molecule has 4 atom stereocenters. The highest BCUT2D eigenvalue weighted by atomic mass is 16.3. The van der Waals surface area contributed by atoms with Crippen LogP contribution in [0.25, 0.3) is 0 Å². The van der Waals surface area contributed by atoms with E-state index in [1.165, 1.54) is 0 Å². The molecule has 2 rings (SSSR count). The third-order valence-corrected chi connectivity index (χ3v) is 4.15. The molecule has 0 aromatic carbocycles. The van der Waals surface area contributed by atoms with Crippen molar-refractivity contribution in [1.82, 2.24) is 5.32 Å². The predicted octanol–water partition coefficient (Wildman–Crippen LogP) is 0.924. The summed E-state index contributed by atoms with van der Waals surface area (Å²) in [7, 11) is 0. The Morgan fingerprint density at radius 3 is 2.59 bits per heavy atom. The molecule has 2 fully saturated rings. The maximum absolute atomic E-state index is 12.0. The van der Waals surface area contributed by atoms with Crippen LogP contribution in [0.1, 0.15) is 51.4 Å². The number of nitrogens with two attached hydrogens (primary N) is 1. The summed E-state index contributed by atoms with van der Waals surface area (Å²) in [5.74, 6) is 0.171. The highest BCUT2D eigenvalue weighted by Gasteiger charge is 2.30. The molecule has 98 valence electrons. The standard InChI is InChI=1S/C13H24N2O2/c14-10-7-6-9(8-10)13(17)15-11-4-2-1-3-5-12(11)16/h9-12,16H,1-8,14H2,(H,15,17). The zero-order valence-corrected chi connectivity index (χ0v) is 10.4. The molecule has 2 aliphatic carbocycles. The van der Waals surface area contributed by atoms with Crippen LogP contribution in [0.5, 0.6) is 0 Å². The molecule has 1 amide bonds. The van der Waals surface area contributed by atoms with Gasteiger partial charge in [0.2, 0.25) is 5.91 Å². The van der Waals surface area contributed by atoms with E-state index in [0.29, 0.717) is 0 Å². The molecule has 0 heterocycles. The van der Waals surface area contributed by atoms with Crippen molar-refractivity contribution in [3.05, 3.63) is 0 Å². The minimum absolute atomic E-state index is 0.0400. The van der Waals surface area contributed by atoms with Crippen molar-refractivity contribution < 1.29 is 9.90 Å². The Kier molecular flexibility index (Phi) is 4.40. The molecule has 0 aromatic rings. The Morgan fingerprint density at radius 1 is 1.12 bits per heavy atom. The van der Waals surface area contributed by atoms with Gasteiger partial charge in [-0.15, -0.1) is 0 Å². The fourth-order valence-electron chi connectivity index (χ4n) is 3.01. The van der Waals surface area contributed by atoms with Crippen molar-refractivity contribution in [2.24, 2.45) is 11.7 Å². The smallest absolute Gasteiger partial charge is 0.223 e. The molecule has 0 spiro atoms. The second-order valence-corrected chi connectivity index (χ2v) is 5.59. The fourth-order valence-corrected chi connectivity index (χ4v) is 3.01. The lowest BCUT2D eigenvalue weighted by Gasteiger charge is -2.23. The van der Waals surface area contributed by atoms with Gasteiger partial charge in [0.25, 0.3) is 0 Å². The number of carbonyl (C=O) groups excluding carboxylic acids is 1. The van der Waals surface area contributed by atoms with Crippen molar-refractivity contribution in [3.8, 4) is 0 Å². The molecule has 4 nitrogen and oxygen atoms in total. The largest absolute Gasteiger partial charge is 0.391 e. The molecule has 0 aliphatic heterocycles. The van der Waals surface area contributed by atoms with Gasteiger partial charge in [-0.1, -0.05) is 19.3 Å². The number of hydrogen-bond acceptors (Lipinski definition) is 3. The Hall–Kier alpha value is -0.610. The molecular weight excluding hydrogens is 216 g/mol. The zero-order valence-electron chi connectivity index (χ0n) is 10.4. The average Bonchev–Trinajstić information content (AvgIpc) is 2.63. The molecule has 0 bridgehead atoms. The Balaban J connectivity index is 1.84. The summed E-state index contributed by atoms with van der Waals surface area (Å²) in [6, 6.07) is 0.145. The molecular formula is C13H24N2O2. The maximum Gasteiger partial charge on any atom is 0.223 e. The van der Waals surface area contributed by atoms with E-state index in [1.807, 2.05) is 0 Å². The zero-order chi connectivity index (χ0) is 12.3. The predicted molar refractivity (Wildman–Crippen MR) is 66.3 cm³/mol. The van der Waals surface area contributed by atoms with Crippen LogP contribution in [0.3, 0.4) is 0 Å². The van der Waals surface area contributed by atoms with Crippen LogP contribution < -0.4 is 11.1 Å². The van der Waals surface area contributed by atoms with Crippen LogP contribution in [0.4, 0.5) is 0 Å². The minimum Gasteiger partial charge on any atom is -0.391 e. The van der Waals surface area contributed by atoms with E-state index in [0.717, 1.165) is 51.4 Å². The van der Waals surface area contributed by atoms with Gasteiger partial charge >= 0.3 is 0 Å². The second kappa shape index (κ2) is 5.83. The first-order chi connectivity index (χ1) is 8.16. The topological polar surface area (TPSA) is 75.4 Å². The van der Waals surface area contributed by atoms with E-state index < -0.39 is 0 Å². The summed E-state index contributed by atoms with van der Waals surface area (Å²) < 4.78 is 0. The van der Waals surface area contributed by atoms with Gasteiger partial charge in [-0.2, -0.15) is 0 Å². The summed E-state index contributed by atoms with van der Waals surface area (Å²) in [6.07, 6.45) is 7.35. The molecule has 4 N–H and O–H groups in total. The fraction of sp³-hybridized carbons (Fsp3) is 0.923. The maximum atomic E-state index is 12.0. The highest BCUT2D eigenvalue weighted by molar-refractivity contribution is 5.79. The number of nitrogens with one attached hydrogen (secondary N) is 1. The number of rotatable bonds is 2. The summed E-state index contributed by atoms with van der Waals surface area (Å²) in [6.45, 7) is 0. The van der Waals surface area contributed by atoms with Crippen LogP contribution >= 0.6 is 0 Å². The van der Waals surface area contributed by atoms with Crippen LogP contribution in [0.2, 0.25) is 0 Å². The van der Waals surface area contributed by atoms with Gasteiger partial charge in [0, 0.05) is 12.0 Å². The number of carbonyl (C=O) groups is 1. The molecule has 0 saturated heterocycles. The van der Waals surface area contributed by atoms with Gasteiger partial charge in [0.15, 0.2) is 0 Å². The van der Waals surface area contributed by atoms with Gasteiger partial charge in [0.1, 0.15) is 0 Å². The molecule has 2 saturated carbocycles. The third-order valence-electron chi connectivity index (χ3n) is 4.15. The van der Waals surface area contributed by atoms with Crippen LogP contribution in [-0.4, -0.2) is 29.2 Å². The quantitative estimate of drug-likeness (QED) is 0.628. The van der Waals surface area contributed by atoms with Crippen LogP contribution in [-0.2, 0) is 4.79 Å². The van der Waals surface area contributed by atoms with E-state index in [-0.39, 0.29) is 30.0 Å². The van der Waals surface area contributed by atoms with E-state index in [9.17, 15) is 9.90 Å². The highest BCUT2D eigenvalue weighted by Crippen LogP contribution is 2.25. The van der Waals surface area contributed by atoms with Gasteiger partial charge in [0.05, 0.1) is 12.1 Å². The van der Waals surface area contributed by atoms with Crippen LogP contribution in [0.15, 0.2) is 0 Å². The molecule has 4 heteroatoms. The van der Waals surface area contributed by atoms with Gasteiger partial charge in [-0.05, 0) is 32.1 Å². The SMILES string of the molecule is NC1CCC(C(=O)NC2CCCCCC2O)C1. The number of hydrogen-bond donors (Lipinski definition) is 3. The summed E-state index contributed by atoms with van der Waals surface area (Å²) in [4.78, 5) is 12.0. The summed E-state index contributed by atoms with van der Waals surface area (Å²) in [5.41, 5.74) is 5.82. The Labute approximate surface area is 103 Å². The van der Waals surface area contributed by atoms with Crippen molar-refractivity contribution in [3.63, 3.8) is 0 Å². The molecule has 4 unspecified atom stereocenters. The third kappa shape index (κ3) is 3.42. The van der Waals surface area contributed by atoms with Crippen molar-refractivity contribution >= 4 is 5.91 Å². The van der Waals surface area contributed by atoms with Crippen molar-refractivity contribution in [2.45, 2.75) is 69.6 Å². The van der Waals surface area contributed by atoms with Crippen molar-refractivity contribution in [1.29, 1.82) is 0 Å². The van der Waals surface area contributed by atoms with Gasteiger partial charge in [-0.3, -0.25) is 4.79 Å². The first-order valence-electron chi connectivity index (χ1n) is 6.91. The van der Waals surface area contributed by atoms with E-state index in [4.69, 9.17) is 5.73 Å². The Bertz CT molecular complexity index is 270. The lowest BCUT2D eigenvalue weighted by molar-refractivity contribution is -0.126. The monoisotopic (exact) mass is 240 g/mol. The van der Waals surface area contributed by atoms with Crippen molar-refractivity contribution in [2.75, 3.05) is 0 Å². The summed E-state index contributed by atoms with van der Waals surface area (Å²) in [5, 5.41) is 13.0. The van der Waals surface area contributed by atoms with Gasteiger partial charge < -0.3 is 16.2 Å². The average molecular weight is 240 g/mol. The first-order valence-corrected chi connectivity index (χ1v) is 6.91. The normalized spacial score (nSPS) is 38.7. The van der Waals surface area contributed by atoms with E-state index >= 15 is 0 Å². The van der Waals surface area contributed by atoms with Crippen LogP contribution in [0, 0.1) is 5.92 Å². The molecule has 2 aliphatic rings. The van der Waals surface area contributed by atoms with E-state index in [1.54, 1.807) is 0 Å². The molecule has 17 heavy (non-hydrogen) atoms. The second-order valence-electron chi connectivity index (χ2n) is 5.59. The number of aliphatic hydroxyl groups excluding tert-OH is 1. The lowest BCUT2D eigenvalue weighted by Crippen LogP contribution is -2.45. The molecule has 0 aromatic heterocycles. The van der Waals surface area contributed by atoms with E-state index in [2.05, 4.69) is 5.32 Å². The number of aliphatic hydroxyl groups is 1. The van der Waals surface area contributed by atoms with Gasteiger partial charge in [-0.25, -0.2) is 0 Å². The summed E-state index contributed by atoms with van der Waals surface area (Å²) >= 11 is 0. The first kappa shape index (κ1) is 12.8. The lowest BCUT2D eigenvalue weighted by atomic mass is 10.0. The minimum atomic E-state index is -0.364. The molecule has 0 radical (unpaired) electrons.